The van der Waals surface area contributed by atoms with E-state index in [0.717, 1.165) is 34.7 Å². The van der Waals surface area contributed by atoms with E-state index in [2.05, 4.69) is 47.5 Å². The Morgan fingerprint density at radius 1 is 1.30 bits per heavy atom. The van der Waals surface area contributed by atoms with Gasteiger partial charge in [-0.05, 0) is 41.1 Å². The lowest BCUT2D eigenvalue weighted by atomic mass is 10.1. The molecule has 3 heterocycles. The maximum absolute atomic E-state index is 9.29. The maximum Gasteiger partial charge on any atom is 0.146 e. The van der Waals surface area contributed by atoms with Crippen molar-refractivity contribution in [1.82, 2.24) is 14.5 Å². The van der Waals surface area contributed by atoms with Crippen molar-refractivity contribution in [3.8, 4) is 6.07 Å². The summed E-state index contributed by atoms with van der Waals surface area (Å²) in [6, 6.07) is 12.6. The molecule has 0 bridgehead atoms. The van der Waals surface area contributed by atoms with Crippen molar-refractivity contribution in [3.05, 3.63) is 52.4 Å². The molecule has 0 unspecified atom stereocenters. The lowest BCUT2D eigenvalue weighted by molar-refractivity contribution is 0.399. The topological polar surface area (TPSA) is 57.7 Å². The molecule has 0 spiro atoms. The number of hydrogen-bond donors (Lipinski definition) is 0. The van der Waals surface area contributed by atoms with Crippen LogP contribution in [0.15, 0.2) is 41.0 Å². The third-order valence-electron chi connectivity index (χ3n) is 4.25. The fourth-order valence-electron chi connectivity index (χ4n) is 3.18. The van der Waals surface area contributed by atoms with Gasteiger partial charge in [-0.2, -0.15) is 5.26 Å². The Morgan fingerprint density at radius 2 is 2.09 bits per heavy atom. The number of hydrogen-bond acceptors (Lipinski definition) is 4. The summed E-state index contributed by atoms with van der Waals surface area (Å²) in [5.74, 6) is 1.79. The van der Waals surface area contributed by atoms with Crippen LogP contribution >= 0.6 is 15.9 Å². The van der Waals surface area contributed by atoms with E-state index in [1.165, 1.54) is 5.52 Å². The molecule has 5 nitrogen and oxygen atoms in total. The molecule has 0 atom stereocenters. The van der Waals surface area contributed by atoms with E-state index in [1.54, 1.807) is 6.20 Å². The summed E-state index contributed by atoms with van der Waals surface area (Å²) in [7, 11) is 0. The van der Waals surface area contributed by atoms with Gasteiger partial charge in [0.15, 0.2) is 0 Å². The van der Waals surface area contributed by atoms with Crippen molar-refractivity contribution in [3.63, 3.8) is 0 Å². The molecule has 1 saturated heterocycles. The van der Waals surface area contributed by atoms with Crippen molar-refractivity contribution < 1.29 is 0 Å². The number of nitriles is 1. The first-order valence-corrected chi connectivity index (χ1v) is 8.21. The molecule has 23 heavy (non-hydrogen) atoms. The molecule has 1 aromatic carbocycles. The molecule has 1 fully saturated rings. The molecule has 2 aromatic heterocycles. The molecule has 3 aromatic rings. The number of aromatic nitrogens is 3. The highest BCUT2D eigenvalue weighted by atomic mass is 79.9. The fraction of sp³-hybridized carbons (Fsp3) is 0.235. The standard InChI is InChI=1S/C17H14BrN5/c1-11-21-15-4-2-3-5-16(15)23(11)14-9-22(10-14)17-12(7-19)6-13(18)8-20-17/h2-6,8,14H,9-10H2,1H3. The molecule has 0 N–H and O–H groups in total. The predicted octanol–water partition coefficient (Wildman–Crippen LogP) is 3.44. The van der Waals surface area contributed by atoms with E-state index in [0.29, 0.717) is 11.6 Å². The van der Waals surface area contributed by atoms with Gasteiger partial charge in [0, 0.05) is 23.8 Å². The highest BCUT2D eigenvalue weighted by Crippen LogP contribution is 2.32. The Balaban J connectivity index is 1.62. The van der Waals surface area contributed by atoms with Crippen LogP contribution in [0.1, 0.15) is 17.4 Å². The summed E-state index contributed by atoms with van der Waals surface area (Å²) in [4.78, 5) is 11.2. The Labute approximate surface area is 142 Å². The Morgan fingerprint density at radius 3 is 2.87 bits per heavy atom. The largest absolute Gasteiger partial charge is 0.351 e. The minimum Gasteiger partial charge on any atom is -0.351 e. The van der Waals surface area contributed by atoms with Crippen LogP contribution in [-0.4, -0.2) is 27.6 Å². The van der Waals surface area contributed by atoms with Crippen molar-refractivity contribution in [2.24, 2.45) is 0 Å². The van der Waals surface area contributed by atoms with Crippen molar-refractivity contribution in [1.29, 1.82) is 5.26 Å². The van der Waals surface area contributed by atoms with Gasteiger partial charge in [0.1, 0.15) is 17.7 Å². The van der Waals surface area contributed by atoms with E-state index in [1.807, 2.05) is 31.2 Å². The molecule has 0 radical (unpaired) electrons. The molecule has 6 heteroatoms. The van der Waals surface area contributed by atoms with Crippen molar-refractivity contribution >= 4 is 32.8 Å². The summed E-state index contributed by atoms with van der Waals surface area (Å²) in [5, 5.41) is 9.29. The van der Waals surface area contributed by atoms with Crippen LogP contribution < -0.4 is 4.90 Å². The molecule has 0 aliphatic carbocycles. The van der Waals surface area contributed by atoms with Gasteiger partial charge in [-0.3, -0.25) is 0 Å². The third-order valence-corrected chi connectivity index (χ3v) is 4.69. The molecule has 1 aliphatic heterocycles. The number of nitrogens with zero attached hydrogens (tertiary/aromatic N) is 5. The van der Waals surface area contributed by atoms with Crippen molar-refractivity contribution in [2.75, 3.05) is 18.0 Å². The number of pyridine rings is 1. The van der Waals surface area contributed by atoms with Crippen LogP contribution in [0, 0.1) is 18.3 Å². The molecule has 1 aliphatic rings. The third kappa shape index (κ3) is 2.28. The minimum absolute atomic E-state index is 0.361. The van der Waals surface area contributed by atoms with Gasteiger partial charge in [0.25, 0.3) is 0 Å². The van der Waals surface area contributed by atoms with Crippen LogP contribution in [-0.2, 0) is 0 Å². The average Bonchev–Trinajstić information content (AvgIpc) is 2.83. The zero-order chi connectivity index (χ0) is 16.0. The highest BCUT2D eigenvalue weighted by Gasteiger charge is 2.32. The molecule has 4 rings (SSSR count). The number of imidazole rings is 1. The van der Waals surface area contributed by atoms with Crippen LogP contribution in [0.2, 0.25) is 0 Å². The van der Waals surface area contributed by atoms with Gasteiger partial charge in [0.05, 0.1) is 22.6 Å². The summed E-state index contributed by atoms with van der Waals surface area (Å²) >= 11 is 3.36. The predicted molar refractivity (Wildman–Crippen MR) is 92.4 cm³/mol. The number of anilines is 1. The fourth-order valence-corrected chi connectivity index (χ4v) is 3.52. The zero-order valence-electron chi connectivity index (χ0n) is 12.6. The van der Waals surface area contributed by atoms with E-state index < -0.39 is 0 Å². The summed E-state index contributed by atoms with van der Waals surface area (Å²) in [6.45, 7) is 3.72. The number of benzene rings is 1. The minimum atomic E-state index is 0.361. The quantitative estimate of drug-likeness (QED) is 0.695. The lowest BCUT2D eigenvalue weighted by Crippen LogP contribution is -2.48. The normalized spacial score (nSPS) is 14.7. The monoisotopic (exact) mass is 367 g/mol. The molecule has 114 valence electrons. The zero-order valence-corrected chi connectivity index (χ0v) is 14.2. The number of aryl methyl sites for hydroxylation is 1. The van der Waals surface area contributed by atoms with Crippen LogP contribution in [0.3, 0.4) is 0 Å². The highest BCUT2D eigenvalue weighted by molar-refractivity contribution is 9.10. The van der Waals surface area contributed by atoms with E-state index in [-0.39, 0.29) is 0 Å². The molecular weight excluding hydrogens is 354 g/mol. The maximum atomic E-state index is 9.29. The summed E-state index contributed by atoms with van der Waals surface area (Å²) in [6.07, 6.45) is 1.74. The summed E-state index contributed by atoms with van der Waals surface area (Å²) < 4.78 is 3.11. The number of fused-ring (bicyclic) bond motifs is 1. The first-order valence-electron chi connectivity index (χ1n) is 7.41. The first-order chi connectivity index (χ1) is 11.2. The summed E-state index contributed by atoms with van der Waals surface area (Å²) in [5.41, 5.74) is 2.80. The van der Waals surface area contributed by atoms with Crippen LogP contribution in [0.4, 0.5) is 5.82 Å². The average molecular weight is 368 g/mol. The number of para-hydroxylation sites is 2. The van der Waals surface area contributed by atoms with Gasteiger partial charge in [-0.25, -0.2) is 9.97 Å². The van der Waals surface area contributed by atoms with Gasteiger partial charge < -0.3 is 9.47 Å². The van der Waals surface area contributed by atoms with E-state index in [4.69, 9.17) is 0 Å². The molecule has 0 amide bonds. The first kappa shape index (κ1) is 14.2. The second kappa shape index (κ2) is 5.36. The van der Waals surface area contributed by atoms with E-state index in [9.17, 15) is 5.26 Å². The van der Waals surface area contributed by atoms with Gasteiger partial charge in [-0.15, -0.1) is 0 Å². The Kier molecular flexibility index (Phi) is 3.31. The SMILES string of the molecule is Cc1nc2ccccc2n1C1CN(c2ncc(Br)cc2C#N)C1. The second-order valence-corrected chi connectivity index (χ2v) is 6.63. The second-order valence-electron chi connectivity index (χ2n) is 5.71. The van der Waals surface area contributed by atoms with Crippen LogP contribution in [0.25, 0.3) is 11.0 Å². The molecular formula is C17H14BrN5. The Hall–Kier alpha value is -2.39. The Bertz CT molecular complexity index is 934. The van der Waals surface area contributed by atoms with Gasteiger partial charge >= 0.3 is 0 Å². The van der Waals surface area contributed by atoms with Crippen LogP contribution in [0.5, 0.6) is 0 Å². The lowest BCUT2D eigenvalue weighted by Gasteiger charge is -2.41. The van der Waals surface area contributed by atoms with Gasteiger partial charge in [0.2, 0.25) is 0 Å². The van der Waals surface area contributed by atoms with Gasteiger partial charge in [-0.1, -0.05) is 12.1 Å². The molecule has 0 saturated carbocycles. The van der Waals surface area contributed by atoms with E-state index >= 15 is 0 Å². The smallest absolute Gasteiger partial charge is 0.146 e. The number of rotatable bonds is 2. The van der Waals surface area contributed by atoms with Crippen molar-refractivity contribution in [2.45, 2.75) is 13.0 Å². The number of halogens is 1.